The minimum absolute atomic E-state index is 0.0739. The van der Waals surface area contributed by atoms with Gasteiger partial charge < -0.3 is 14.8 Å². The summed E-state index contributed by atoms with van der Waals surface area (Å²) in [7, 11) is 2.15. The number of hydrogen-bond acceptors (Lipinski definition) is 4. The van der Waals surface area contributed by atoms with Gasteiger partial charge in [0.1, 0.15) is 12.4 Å². The number of nitrogens with zero attached hydrogens (tertiary/aromatic N) is 1. The molecule has 5 heteroatoms. The van der Waals surface area contributed by atoms with Gasteiger partial charge in [-0.15, -0.1) is 0 Å². The molecule has 0 spiro atoms. The molecule has 4 rings (SSSR count). The van der Waals surface area contributed by atoms with E-state index in [1.165, 1.54) is 0 Å². The van der Waals surface area contributed by atoms with Crippen LogP contribution in [0.2, 0.25) is 0 Å². The van der Waals surface area contributed by atoms with Crippen molar-refractivity contribution < 1.29 is 14.3 Å². The topological polar surface area (TPSA) is 50.8 Å². The van der Waals surface area contributed by atoms with Crippen molar-refractivity contribution in [2.24, 2.45) is 0 Å². The highest BCUT2D eigenvalue weighted by atomic mass is 16.5. The minimum atomic E-state index is -0.0739. The molecule has 5 nitrogen and oxygen atoms in total. The molecule has 0 atom stereocenters. The molecule has 31 heavy (non-hydrogen) atoms. The van der Waals surface area contributed by atoms with Crippen molar-refractivity contribution in [3.63, 3.8) is 0 Å². The fourth-order valence-electron chi connectivity index (χ4n) is 3.98. The van der Waals surface area contributed by atoms with E-state index in [0.29, 0.717) is 24.8 Å². The second kappa shape index (κ2) is 10.4. The lowest BCUT2D eigenvalue weighted by molar-refractivity contribution is 0.0392. The predicted octanol–water partition coefficient (Wildman–Crippen LogP) is 4.26. The second-order valence-electron chi connectivity index (χ2n) is 8.06. The summed E-state index contributed by atoms with van der Waals surface area (Å²) >= 11 is 0. The summed E-state index contributed by atoms with van der Waals surface area (Å²) in [5.74, 6) is 0.757. The summed E-state index contributed by atoms with van der Waals surface area (Å²) in [6.07, 6.45) is 2.17. The van der Waals surface area contributed by atoms with Gasteiger partial charge in [0, 0.05) is 37.9 Å². The van der Waals surface area contributed by atoms with Crippen LogP contribution in [-0.2, 0) is 11.3 Å². The zero-order valence-corrected chi connectivity index (χ0v) is 18.0. The highest BCUT2D eigenvalue weighted by Crippen LogP contribution is 2.17. The van der Waals surface area contributed by atoms with E-state index in [9.17, 15) is 4.79 Å². The van der Waals surface area contributed by atoms with Gasteiger partial charge in [0.2, 0.25) is 0 Å². The quantitative estimate of drug-likeness (QED) is 0.594. The zero-order valence-electron chi connectivity index (χ0n) is 18.0. The van der Waals surface area contributed by atoms with Crippen LogP contribution in [0.25, 0.3) is 10.8 Å². The Morgan fingerprint density at radius 3 is 2.68 bits per heavy atom. The van der Waals surface area contributed by atoms with Gasteiger partial charge in [-0.1, -0.05) is 42.5 Å². The molecule has 0 aliphatic carbocycles. The van der Waals surface area contributed by atoms with Crippen molar-refractivity contribution in [3.8, 4) is 5.75 Å². The molecule has 1 fully saturated rings. The molecule has 3 aromatic rings. The predicted molar refractivity (Wildman–Crippen MR) is 124 cm³/mol. The fourth-order valence-corrected chi connectivity index (χ4v) is 3.98. The summed E-state index contributed by atoms with van der Waals surface area (Å²) in [4.78, 5) is 14.9. The Kier molecular flexibility index (Phi) is 7.18. The second-order valence-corrected chi connectivity index (χ2v) is 8.06. The molecule has 3 aromatic carbocycles. The van der Waals surface area contributed by atoms with E-state index in [2.05, 4.69) is 17.3 Å². The number of rotatable bonds is 8. The van der Waals surface area contributed by atoms with E-state index in [1.807, 2.05) is 66.7 Å². The lowest BCUT2D eigenvalue weighted by atomic mass is 10.1. The summed E-state index contributed by atoms with van der Waals surface area (Å²) in [5, 5.41) is 5.21. The van der Waals surface area contributed by atoms with Gasteiger partial charge in [-0.25, -0.2) is 0 Å². The molecular formula is C26H30N2O3. The van der Waals surface area contributed by atoms with Crippen LogP contribution in [0.3, 0.4) is 0 Å². The van der Waals surface area contributed by atoms with Crippen LogP contribution in [0.4, 0.5) is 0 Å². The highest BCUT2D eigenvalue weighted by Gasteiger charge is 2.18. The number of ether oxygens (including phenoxy) is 2. The van der Waals surface area contributed by atoms with Crippen molar-refractivity contribution in [1.82, 2.24) is 10.2 Å². The van der Waals surface area contributed by atoms with E-state index in [0.717, 1.165) is 54.7 Å². The van der Waals surface area contributed by atoms with E-state index in [-0.39, 0.29) is 5.91 Å². The average molecular weight is 419 g/mol. The standard InChI is InChI=1S/C26H30N2O3/c1-28(24-11-14-30-15-12-24)13-16-31-25-8-4-5-20(17-25)19-27-26(29)23-10-9-21-6-2-3-7-22(21)18-23/h2-10,17-18,24H,11-16,19H2,1H3,(H,27,29). The van der Waals surface area contributed by atoms with Crippen LogP contribution in [0.5, 0.6) is 5.75 Å². The van der Waals surface area contributed by atoms with Crippen LogP contribution >= 0.6 is 0 Å². The Morgan fingerprint density at radius 1 is 1.03 bits per heavy atom. The molecule has 1 N–H and O–H groups in total. The monoisotopic (exact) mass is 418 g/mol. The Balaban J connectivity index is 1.27. The number of nitrogens with one attached hydrogen (secondary N) is 1. The van der Waals surface area contributed by atoms with Crippen LogP contribution < -0.4 is 10.1 Å². The van der Waals surface area contributed by atoms with Gasteiger partial charge in [-0.3, -0.25) is 9.69 Å². The third kappa shape index (κ3) is 5.84. The molecule has 162 valence electrons. The molecule has 0 saturated carbocycles. The van der Waals surface area contributed by atoms with E-state index < -0.39 is 0 Å². The number of carbonyl (C=O) groups excluding carboxylic acids is 1. The third-order valence-electron chi connectivity index (χ3n) is 5.89. The lowest BCUT2D eigenvalue weighted by Gasteiger charge is -2.31. The molecule has 0 aromatic heterocycles. The third-order valence-corrected chi connectivity index (χ3v) is 5.89. The lowest BCUT2D eigenvalue weighted by Crippen LogP contribution is -2.38. The molecule has 1 aliphatic rings. The molecule has 0 bridgehead atoms. The Morgan fingerprint density at radius 2 is 1.84 bits per heavy atom. The fraction of sp³-hybridized carbons (Fsp3) is 0.346. The van der Waals surface area contributed by atoms with Gasteiger partial charge in [0.25, 0.3) is 5.91 Å². The number of likely N-dealkylation sites (N-methyl/N-ethyl adjacent to an activating group) is 1. The van der Waals surface area contributed by atoms with E-state index in [4.69, 9.17) is 9.47 Å². The van der Waals surface area contributed by atoms with Crippen molar-refractivity contribution in [1.29, 1.82) is 0 Å². The first-order chi connectivity index (χ1) is 15.2. The first-order valence-corrected chi connectivity index (χ1v) is 11.0. The van der Waals surface area contributed by atoms with Crippen LogP contribution in [0.15, 0.2) is 66.7 Å². The number of carbonyl (C=O) groups is 1. The Bertz CT molecular complexity index is 1010. The summed E-state index contributed by atoms with van der Waals surface area (Å²) in [6.45, 7) is 3.69. The summed E-state index contributed by atoms with van der Waals surface area (Å²) < 4.78 is 11.4. The smallest absolute Gasteiger partial charge is 0.251 e. The van der Waals surface area contributed by atoms with Crippen molar-refractivity contribution in [3.05, 3.63) is 77.9 Å². The van der Waals surface area contributed by atoms with E-state index in [1.54, 1.807) is 0 Å². The molecule has 0 radical (unpaired) electrons. The molecule has 1 heterocycles. The largest absolute Gasteiger partial charge is 0.492 e. The molecule has 1 saturated heterocycles. The number of amides is 1. The molecule has 0 unspecified atom stereocenters. The molecule has 1 aliphatic heterocycles. The average Bonchev–Trinajstić information content (AvgIpc) is 2.83. The Labute approximate surface area is 184 Å². The van der Waals surface area contributed by atoms with E-state index >= 15 is 0 Å². The van der Waals surface area contributed by atoms with Crippen LogP contribution in [0.1, 0.15) is 28.8 Å². The van der Waals surface area contributed by atoms with Crippen LogP contribution in [0, 0.1) is 0 Å². The number of benzene rings is 3. The van der Waals surface area contributed by atoms with Gasteiger partial charge in [-0.2, -0.15) is 0 Å². The highest BCUT2D eigenvalue weighted by molar-refractivity contribution is 5.98. The van der Waals surface area contributed by atoms with Crippen molar-refractivity contribution in [2.75, 3.05) is 33.4 Å². The molecular weight excluding hydrogens is 388 g/mol. The maximum Gasteiger partial charge on any atom is 0.251 e. The Hall–Kier alpha value is -2.89. The van der Waals surface area contributed by atoms with Gasteiger partial charge in [0.15, 0.2) is 0 Å². The SMILES string of the molecule is CN(CCOc1cccc(CNC(=O)c2ccc3ccccc3c2)c1)C1CCOCC1. The van der Waals surface area contributed by atoms with Gasteiger partial charge >= 0.3 is 0 Å². The van der Waals surface area contributed by atoms with Crippen molar-refractivity contribution in [2.45, 2.75) is 25.4 Å². The first-order valence-electron chi connectivity index (χ1n) is 11.0. The first kappa shape index (κ1) is 21.3. The minimum Gasteiger partial charge on any atom is -0.492 e. The van der Waals surface area contributed by atoms with Crippen molar-refractivity contribution >= 4 is 16.7 Å². The number of fused-ring (bicyclic) bond motifs is 1. The zero-order chi connectivity index (χ0) is 21.5. The van der Waals surface area contributed by atoms with Gasteiger partial charge in [-0.05, 0) is 60.5 Å². The number of hydrogen-bond donors (Lipinski definition) is 1. The van der Waals surface area contributed by atoms with Gasteiger partial charge in [0.05, 0.1) is 0 Å². The molecule has 1 amide bonds. The normalized spacial score (nSPS) is 14.6. The maximum absolute atomic E-state index is 12.6. The van der Waals surface area contributed by atoms with Crippen LogP contribution in [-0.4, -0.2) is 50.3 Å². The summed E-state index contributed by atoms with van der Waals surface area (Å²) in [5.41, 5.74) is 1.69. The summed E-state index contributed by atoms with van der Waals surface area (Å²) in [6, 6.07) is 22.3. The maximum atomic E-state index is 12.6.